The monoisotopic (exact) mass is 309 g/mol. The summed E-state index contributed by atoms with van der Waals surface area (Å²) in [5.41, 5.74) is 6.07. The van der Waals surface area contributed by atoms with Crippen LogP contribution in [0.1, 0.15) is 64.7 Å². The van der Waals surface area contributed by atoms with Gasteiger partial charge in [0.2, 0.25) is 5.91 Å². The Morgan fingerprint density at radius 3 is 2.50 bits per heavy atom. The summed E-state index contributed by atoms with van der Waals surface area (Å²) in [5.74, 6) is 1.01. The van der Waals surface area contributed by atoms with Crippen molar-refractivity contribution in [2.45, 2.75) is 64.7 Å². The molecule has 3 N–H and O–H groups in total. The van der Waals surface area contributed by atoms with Crippen molar-refractivity contribution in [3.63, 3.8) is 0 Å². The van der Waals surface area contributed by atoms with Gasteiger partial charge in [0, 0.05) is 13.0 Å². The second-order valence-corrected chi connectivity index (χ2v) is 7.46. The van der Waals surface area contributed by atoms with E-state index in [4.69, 9.17) is 5.73 Å². The maximum Gasteiger partial charge on any atom is 0.220 e. The molecule has 0 aromatic heterocycles. The molecular weight excluding hydrogens is 274 g/mol. The van der Waals surface area contributed by atoms with Gasteiger partial charge in [-0.15, -0.1) is 0 Å². The fourth-order valence-electron chi connectivity index (χ4n) is 4.16. The lowest BCUT2D eigenvalue weighted by Gasteiger charge is -2.35. The molecule has 1 saturated carbocycles. The number of hydrogen-bond donors (Lipinski definition) is 2. The summed E-state index contributed by atoms with van der Waals surface area (Å²) in [7, 11) is 0. The minimum absolute atomic E-state index is 0.0921. The number of rotatable bonds is 7. The van der Waals surface area contributed by atoms with Crippen LogP contribution in [0.4, 0.5) is 0 Å². The Bertz CT molecular complexity index is 331. The Morgan fingerprint density at radius 1 is 1.23 bits per heavy atom. The fourth-order valence-corrected chi connectivity index (χ4v) is 4.16. The third kappa shape index (κ3) is 5.24. The molecule has 0 atom stereocenters. The summed E-state index contributed by atoms with van der Waals surface area (Å²) in [4.78, 5) is 14.8. The SMILES string of the molecule is CCN1CCC(CCNC(=O)CC2(CN)CCCCC2)CC1. The van der Waals surface area contributed by atoms with E-state index in [1.807, 2.05) is 0 Å². The lowest BCUT2D eigenvalue weighted by atomic mass is 9.71. The standard InChI is InChI=1S/C18H35N3O/c1-2-21-12-7-16(8-13-21)6-11-20-17(22)14-18(15-19)9-4-3-5-10-18/h16H,2-15,19H2,1H3,(H,20,22). The fraction of sp³-hybridized carbons (Fsp3) is 0.944. The number of likely N-dealkylation sites (tertiary alicyclic amines) is 1. The Morgan fingerprint density at radius 2 is 1.91 bits per heavy atom. The van der Waals surface area contributed by atoms with Crippen LogP contribution in [0.15, 0.2) is 0 Å². The van der Waals surface area contributed by atoms with Gasteiger partial charge in [-0.1, -0.05) is 26.2 Å². The van der Waals surface area contributed by atoms with Crippen LogP contribution in [0.5, 0.6) is 0 Å². The van der Waals surface area contributed by atoms with Crippen molar-refractivity contribution in [3.8, 4) is 0 Å². The molecule has 0 aromatic rings. The summed E-state index contributed by atoms with van der Waals surface area (Å²) in [6.45, 7) is 7.37. The molecule has 1 saturated heterocycles. The lowest BCUT2D eigenvalue weighted by Crippen LogP contribution is -2.39. The van der Waals surface area contributed by atoms with Crippen molar-refractivity contribution in [3.05, 3.63) is 0 Å². The van der Waals surface area contributed by atoms with Gasteiger partial charge in [0.05, 0.1) is 0 Å². The van der Waals surface area contributed by atoms with Crippen LogP contribution in [0.2, 0.25) is 0 Å². The molecule has 1 amide bonds. The summed E-state index contributed by atoms with van der Waals surface area (Å²) in [6.07, 6.45) is 10.4. The van der Waals surface area contributed by atoms with Crippen LogP contribution in [-0.2, 0) is 4.79 Å². The minimum Gasteiger partial charge on any atom is -0.356 e. The molecule has 0 radical (unpaired) electrons. The largest absolute Gasteiger partial charge is 0.356 e. The molecule has 4 nitrogen and oxygen atoms in total. The molecule has 22 heavy (non-hydrogen) atoms. The van der Waals surface area contributed by atoms with E-state index in [0.29, 0.717) is 13.0 Å². The van der Waals surface area contributed by atoms with Crippen LogP contribution in [-0.4, -0.2) is 43.5 Å². The van der Waals surface area contributed by atoms with Gasteiger partial charge in [-0.2, -0.15) is 0 Å². The molecule has 1 heterocycles. The van der Waals surface area contributed by atoms with Gasteiger partial charge in [-0.25, -0.2) is 0 Å². The zero-order valence-corrected chi connectivity index (χ0v) is 14.4. The van der Waals surface area contributed by atoms with Gasteiger partial charge < -0.3 is 16.0 Å². The third-order valence-corrected chi connectivity index (χ3v) is 5.91. The highest BCUT2D eigenvalue weighted by Crippen LogP contribution is 2.38. The minimum atomic E-state index is 0.0921. The summed E-state index contributed by atoms with van der Waals surface area (Å²) in [6, 6.07) is 0. The second-order valence-electron chi connectivity index (χ2n) is 7.46. The number of hydrogen-bond acceptors (Lipinski definition) is 3. The van der Waals surface area contributed by atoms with Crippen molar-refractivity contribution in [2.24, 2.45) is 17.1 Å². The van der Waals surface area contributed by atoms with Crippen molar-refractivity contribution >= 4 is 5.91 Å². The number of carbonyl (C=O) groups excluding carboxylic acids is 1. The molecule has 0 unspecified atom stereocenters. The van der Waals surface area contributed by atoms with Crippen LogP contribution in [0.3, 0.4) is 0 Å². The van der Waals surface area contributed by atoms with Gasteiger partial charge in [-0.05, 0) is 69.6 Å². The number of carbonyl (C=O) groups is 1. The van der Waals surface area contributed by atoms with Crippen LogP contribution in [0, 0.1) is 11.3 Å². The van der Waals surface area contributed by atoms with E-state index in [9.17, 15) is 4.79 Å². The van der Waals surface area contributed by atoms with Gasteiger partial charge in [0.25, 0.3) is 0 Å². The van der Waals surface area contributed by atoms with Gasteiger partial charge >= 0.3 is 0 Å². The summed E-state index contributed by atoms with van der Waals surface area (Å²) >= 11 is 0. The average molecular weight is 309 g/mol. The maximum atomic E-state index is 12.2. The molecule has 0 aromatic carbocycles. The van der Waals surface area contributed by atoms with Gasteiger partial charge in [0.1, 0.15) is 0 Å². The zero-order chi connectivity index (χ0) is 15.8. The van der Waals surface area contributed by atoms with Crippen molar-refractivity contribution in [1.82, 2.24) is 10.2 Å². The summed E-state index contributed by atoms with van der Waals surface area (Å²) in [5, 5.41) is 3.15. The Labute approximate surface area is 136 Å². The van der Waals surface area contributed by atoms with E-state index in [1.165, 1.54) is 51.7 Å². The number of nitrogens with one attached hydrogen (secondary N) is 1. The number of nitrogens with zero attached hydrogens (tertiary/aromatic N) is 1. The Kier molecular flexibility index (Phi) is 7.16. The van der Waals surface area contributed by atoms with Crippen molar-refractivity contribution in [1.29, 1.82) is 0 Å². The average Bonchev–Trinajstić information content (AvgIpc) is 2.56. The highest BCUT2D eigenvalue weighted by molar-refractivity contribution is 5.76. The number of amides is 1. The first-order valence-corrected chi connectivity index (χ1v) is 9.36. The topological polar surface area (TPSA) is 58.4 Å². The molecule has 2 rings (SSSR count). The van der Waals surface area contributed by atoms with Gasteiger partial charge in [0.15, 0.2) is 0 Å². The van der Waals surface area contributed by atoms with Crippen molar-refractivity contribution < 1.29 is 4.79 Å². The van der Waals surface area contributed by atoms with Gasteiger partial charge in [-0.3, -0.25) is 4.79 Å². The molecular formula is C18H35N3O. The molecule has 2 aliphatic rings. The Hall–Kier alpha value is -0.610. The van der Waals surface area contributed by atoms with E-state index in [-0.39, 0.29) is 11.3 Å². The van der Waals surface area contributed by atoms with E-state index < -0.39 is 0 Å². The van der Waals surface area contributed by atoms with Crippen LogP contribution >= 0.6 is 0 Å². The molecule has 128 valence electrons. The first kappa shape index (κ1) is 17.7. The zero-order valence-electron chi connectivity index (χ0n) is 14.4. The molecule has 0 spiro atoms. The third-order valence-electron chi connectivity index (χ3n) is 5.91. The first-order valence-electron chi connectivity index (χ1n) is 9.36. The highest BCUT2D eigenvalue weighted by atomic mass is 16.1. The summed E-state index contributed by atoms with van der Waals surface area (Å²) < 4.78 is 0. The second kappa shape index (κ2) is 8.88. The predicted molar refractivity (Wildman–Crippen MR) is 91.7 cm³/mol. The van der Waals surface area contributed by atoms with E-state index in [0.717, 1.165) is 31.7 Å². The highest BCUT2D eigenvalue weighted by Gasteiger charge is 2.32. The maximum absolute atomic E-state index is 12.2. The predicted octanol–water partition coefficient (Wildman–Crippen LogP) is 2.52. The molecule has 4 heteroatoms. The van der Waals surface area contributed by atoms with E-state index in [1.54, 1.807) is 0 Å². The first-order chi connectivity index (χ1) is 10.7. The number of nitrogens with two attached hydrogens (primary N) is 1. The van der Waals surface area contributed by atoms with Crippen molar-refractivity contribution in [2.75, 3.05) is 32.7 Å². The lowest BCUT2D eigenvalue weighted by molar-refractivity contribution is -0.123. The molecule has 1 aliphatic carbocycles. The molecule has 0 bridgehead atoms. The van der Waals surface area contributed by atoms with E-state index >= 15 is 0 Å². The van der Waals surface area contributed by atoms with Crippen LogP contribution in [0.25, 0.3) is 0 Å². The molecule has 2 fully saturated rings. The normalized spacial score (nSPS) is 23.4. The quantitative estimate of drug-likeness (QED) is 0.760. The molecule has 1 aliphatic heterocycles. The van der Waals surface area contributed by atoms with Crippen LogP contribution < -0.4 is 11.1 Å². The number of piperidine rings is 1. The van der Waals surface area contributed by atoms with E-state index in [2.05, 4.69) is 17.1 Å². The smallest absolute Gasteiger partial charge is 0.220 e. The Balaban J connectivity index is 1.63.